The van der Waals surface area contributed by atoms with E-state index in [1.807, 2.05) is 0 Å². The van der Waals surface area contributed by atoms with Crippen LogP contribution in [0.3, 0.4) is 0 Å². The van der Waals surface area contributed by atoms with Gasteiger partial charge in [-0.05, 0) is 38.5 Å². The summed E-state index contributed by atoms with van der Waals surface area (Å²) in [5.74, 6) is 0. The van der Waals surface area contributed by atoms with Crippen LogP contribution in [0.2, 0.25) is 0 Å². The Morgan fingerprint density at radius 3 is 1.50 bits per heavy atom. The summed E-state index contributed by atoms with van der Waals surface area (Å²) in [7, 11) is 0. The molecular formula is C12H24O2. The lowest BCUT2D eigenvalue weighted by molar-refractivity contribution is 0.130. The zero-order chi connectivity index (χ0) is 9.36. The lowest BCUT2D eigenvalue weighted by atomic mass is 9.98. The molecule has 2 rings (SSSR count). The van der Waals surface area contributed by atoms with Crippen LogP contribution in [0.4, 0.5) is 0 Å². The van der Waals surface area contributed by atoms with E-state index in [2.05, 4.69) is 12.2 Å². The summed E-state index contributed by atoms with van der Waals surface area (Å²) in [6.07, 6.45) is 15.9. The summed E-state index contributed by atoms with van der Waals surface area (Å²) in [6.45, 7) is 0. The Labute approximate surface area is 87.3 Å². The van der Waals surface area contributed by atoms with Gasteiger partial charge in [-0.2, -0.15) is 0 Å². The molecule has 3 N–H and O–H groups in total. The van der Waals surface area contributed by atoms with Gasteiger partial charge in [0.1, 0.15) is 0 Å². The van der Waals surface area contributed by atoms with Gasteiger partial charge < -0.3 is 10.6 Å². The lowest BCUT2D eigenvalue weighted by Crippen LogP contribution is -2.09. The Hall–Kier alpha value is -0.340. The monoisotopic (exact) mass is 200 g/mol. The summed E-state index contributed by atoms with van der Waals surface area (Å²) < 4.78 is 0. The zero-order valence-electron chi connectivity index (χ0n) is 9.04. The van der Waals surface area contributed by atoms with Crippen LogP contribution in [-0.2, 0) is 0 Å². The predicted molar refractivity (Wildman–Crippen MR) is 60.3 cm³/mol. The molecular weight excluding hydrogens is 176 g/mol. The second-order valence-corrected chi connectivity index (χ2v) is 4.05. The van der Waals surface area contributed by atoms with Crippen LogP contribution >= 0.6 is 0 Å². The minimum absolute atomic E-state index is 0. The van der Waals surface area contributed by atoms with Gasteiger partial charge in [-0.15, -0.1) is 0 Å². The first-order valence-electron chi connectivity index (χ1n) is 5.72. The van der Waals surface area contributed by atoms with E-state index in [-0.39, 0.29) is 11.6 Å². The van der Waals surface area contributed by atoms with Crippen molar-refractivity contribution in [2.24, 2.45) is 0 Å². The van der Waals surface area contributed by atoms with Crippen molar-refractivity contribution in [2.45, 2.75) is 63.9 Å². The molecule has 0 atom stereocenters. The third-order valence-corrected chi connectivity index (χ3v) is 2.73. The second kappa shape index (κ2) is 9.22. The third kappa shape index (κ3) is 7.10. The van der Waals surface area contributed by atoms with E-state index in [0.29, 0.717) is 0 Å². The summed E-state index contributed by atoms with van der Waals surface area (Å²) in [4.78, 5) is 0. The maximum atomic E-state index is 8.91. The van der Waals surface area contributed by atoms with Crippen LogP contribution in [0.25, 0.3) is 0 Å². The molecule has 0 aliphatic heterocycles. The van der Waals surface area contributed by atoms with Gasteiger partial charge in [-0.3, -0.25) is 0 Å². The lowest BCUT2D eigenvalue weighted by Gasteiger charge is -2.14. The molecule has 0 radical (unpaired) electrons. The van der Waals surface area contributed by atoms with E-state index in [9.17, 15) is 0 Å². The van der Waals surface area contributed by atoms with Crippen molar-refractivity contribution in [2.75, 3.05) is 0 Å². The third-order valence-electron chi connectivity index (χ3n) is 2.73. The van der Waals surface area contributed by atoms with Gasteiger partial charge in [0, 0.05) is 0 Å². The molecule has 14 heavy (non-hydrogen) atoms. The van der Waals surface area contributed by atoms with Crippen LogP contribution in [0, 0.1) is 0 Å². The first kappa shape index (κ1) is 13.7. The van der Waals surface area contributed by atoms with Crippen molar-refractivity contribution in [3.8, 4) is 0 Å². The molecule has 0 saturated heterocycles. The topological polar surface area (TPSA) is 51.7 Å². The molecule has 1 fully saturated rings. The molecule has 0 spiro atoms. The SMILES string of the molecule is C1=CCCCC1.O.OC1CCCCC1. The van der Waals surface area contributed by atoms with Crippen molar-refractivity contribution < 1.29 is 10.6 Å². The molecule has 0 aromatic heterocycles. The smallest absolute Gasteiger partial charge is 0.0540 e. The Balaban J connectivity index is 0.000000227. The van der Waals surface area contributed by atoms with Gasteiger partial charge in [0.2, 0.25) is 0 Å². The maximum Gasteiger partial charge on any atom is 0.0540 e. The van der Waals surface area contributed by atoms with Crippen LogP contribution in [0.1, 0.15) is 57.8 Å². The quantitative estimate of drug-likeness (QED) is 0.600. The van der Waals surface area contributed by atoms with Crippen molar-refractivity contribution >= 4 is 0 Å². The Kier molecular flexibility index (Phi) is 9.00. The number of rotatable bonds is 0. The fraction of sp³-hybridized carbons (Fsp3) is 0.833. The Morgan fingerprint density at radius 1 is 0.786 bits per heavy atom. The molecule has 2 aliphatic carbocycles. The highest BCUT2D eigenvalue weighted by molar-refractivity contribution is 4.85. The first-order valence-corrected chi connectivity index (χ1v) is 5.72. The Bertz CT molecular complexity index is 129. The highest BCUT2D eigenvalue weighted by Gasteiger charge is 2.07. The zero-order valence-corrected chi connectivity index (χ0v) is 9.04. The van der Waals surface area contributed by atoms with Crippen LogP contribution in [0.15, 0.2) is 12.2 Å². The van der Waals surface area contributed by atoms with Crippen molar-refractivity contribution in [1.29, 1.82) is 0 Å². The molecule has 0 amide bonds. The summed E-state index contributed by atoms with van der Waals surface area (Å²) in [6, 6.07) is 0. The van der Waals surface area contributed by atoms with Gasteiger partial charge in [0.05, 0.1) is 6.10 Å². The minimum Gasteiger partial charge on any atom is -0.412 e. The maximum absolute atomic E-state index is 8.91. The summed E-state index contributed by atoms with van der Waals surface area (Å²) >= 11 is 0. The van der Waals surface area contributed by atoms with Gasteiger partial charge >= 0.3 is 0 Å². The van der Waals surface area contributed by atoms with Crippen molar-refractivity contribution in [1.82, 2.24) is 0 Å². The van der Waals surface area contributed by atoms with E-state index >= 15 is 0 Å². The number of hydrogen-bond acceptors (Lipinski definition) is 1. The average Bonchev–Trinajstić information content (AvgIpc) is 2.22. The van der Waals surface area contributed by atoms with Crippen molar-refractivity contribution in [3.63, 3.8) is 0 Å². The van der Waals surface area contributed by atoms with Crippen molar-refractivity contribution in [3.05, 3.63) is 12.2 Å². The van der Waals surface area contributed by atoms with Crippen LogP contribution in [-0.4, -0.2) is 16.7 Å². The normalized spacial score (nSPS) is 21.8. The van der Waals surface area contributed by atoms with Gasteiger partial charge in [-0.25, -0.2) is 0 Å². The predicted octanol–water partition coefficient (Wildman–Crippen LogP) is 2.60. The van der Waals surface area contributed by atoms with Gasteiger partial charge in [0.15, 0.2) is 0 Å². The fourth-order valence-corrected chi connectivity index (χ4v) is 1.84. The fourth-order valence-electron chi connectivity index (χ4n) is 1.84. The highest BCUT2D eigenvalue weighted by atomic mass is 16.3. The average molecular weight is 200 g/mol. The summed E-state index contributed by atoms with van der Waals surface area (Å²) in [5, 5.41) is 8.91. The molecule has 2 nitrogen and oxygen atoms in total. The molecule has 2 aliphatic rings. The molecule has 84 valence electrons. The minimum atomic E-state index is 0. The molecule has 0 aromatic rings. The van der Waals surface area contributed by atoms with E-state index in [1.165, 1.54) is 44.9 Å². The summed E-state index contributed by atoms with van der Waals surface area (Å²) in [5.41, 5.74) is 0. The number of aliphatic hydroxyl groups is 1. The van der Waals surface area contributed by atoms with Crippen LogP contribution < -0.4 is 0 Å². The highest BCUT2D eigenvalue weighted by Crippen LogP contribution is 2.16. The van der Waals surface area contributed by atoms with E-state index < -0.39 is 0 Å². The number of hydrogen-bond donors (Lipinski definition) is 1. The van der Waals surface area contributed by atoms with Crippen LogP contribution in [0.5, 0.6) is 0 Å². The van der Waals surface area contributed by atoms with E-state index in [1.54, 1.807) is 0 Å². The molecule has 0 unspecified atom stereocenters. The first-order chi connectivity index (χ1) is 6.39. The number of allylic oxidation sites excluding steroid dienone is 2. The standard InChI is InChI=1S/C6H12O.C6H10.H2O/c7-6-4-2-1-3-5-6;1-2-4-6-5-3-1;/h6-7H,1-5H2;1-2H,3-6H2;1H2. The molecule has 2 heteroatoms. The van der Waals surface area contributed by atoms with E-state index in [4.69, 9.17) is 5.11 Å². The molecule has 0 heterocycles. The largest absolute Gasteiger partial charge is 0.412 e. The Morgan fingerprint density at radius 2 is 1.29 bits per heavy atom. The molecule has 0 aromatic carbocycles. The molecule has 1 saturated carbocycles. The van der Waals surface area contributed by atoms with Gasteiger partial charge in [0.25, 0.3) is 0 Å². The second-order valence-electron chi connectivity index (χ2n) is 4.05. The van der Waals surface area contributed by atoms with E-state index in [0.717, 1.165) is 12.8 Å². The number of aliphatic hydroxyl groups excluding tert-OH is 1. The van der Waals surface area contributed by atoms with Gasteiger partial charge in [-0.1, -0.05) is 31.4 Å². The molecule has 0 bridgehead atoms.